The van der Waals surface area contributed by atoms with E-state index in [1.54, 1.807) is 12.1 Å². The SMILES string of the molecule is [Cl-].[Cl-].[O-]c1c(Cl)cccc1Cl.[O-]c1c(Cl)cccc1Cl.[Ti+4]. The van der Waals surface area contributed by atoms with Crippen molar-refractivity contribution in [2.24, 2.45) is 0 Å². The van der Waals surface area contributed by atoms with Crippen molar-refractivity contribution in [2.75, 3.05) is 0 Å². The quantitative estimate of drug-likeness (QED) is 0.449. The van der Waals surface area contributed by atoms with Crippen molar-refractivity contribution >= 4 is 46.4 Å². The summed E-state index contributed by atoms with van der Waals surface area (Å²) in [5, 5.41) is 22.1. The van der Waals surface area contributed by atoms with Gasteiger partial charge >= 0.3 is 21.7 Å². The van der Waals surface area contributed by atoms with Gasteiger partial charge in [0.2, 0.25) is 0 Å². The molecule has 0 unspecified atom stereocenters. The molecule has 2 aromatic carbocycles. The molecule has 112 valence electrons. The van der Waals surface area contributed by atoms with E-state index in [1.165, 1.54) is 24.3 Å². The second kappa shape index (κ2) is 13.0. The van der Waals surface area contributed by atoms with Crippen molar-refractivity contribution in [3.05, 3.63) is 56.5 Å². The van der Waals surface area contributed by atoms with Crippen LogP contribution in [0.5, 0.6) is 11.5 Å². The van der Waals surface area contributed by atoms with E-state index in [4.69, 9.17) is 46.4 Å². The molecule has 2 rings (SSSR count). The van der Waals surface area contributed by atoms with Crippen molar-refractivity contribution in [2.45, 2.75) is 0 Å². The molecule has 0 radical (unpaired) electrons. The molecule has 21 heavy (non-hydrogen) atoms. The average Bonchev–Trinajstić information content (AvgIpc) is 2.34. The van der Waals surface area contributed by atoms with Crippen LogP contribution in [0.25, 0.3) is 0 Å². The normalized spacial score (nSPS) is 8.19. The zero-order valence-electron chi connectivity index (χ0n) is 10.0. The first-order chi connectivity index (χ1) is 8.43. The average molecular weight is 443 g/mol. The van der Waals surface area contributed by atoms with Gasteiger partial charge in [-0.25, -0.2) is 0 Å². The molecule has 0 aliphatic carbocycles. The summed E-state index contributed by atoms with van der Waals surface area (Å²) >= 11 is 21.7. The second-order valence-corrected chi connectivity index (χ2v) is 4.73. The first-order valence-corrected chi connectivity index (χ1v) is 6.16. The van der Waals surface area contributed by atoms with Gasteiger partial charge < -0.3 is 35.0 Å². The Balaban J connectivity index is -0.000000270. The molecule has 2 nitrogen and oxygen atoms in total. The van der Waals surface area contributed by atoms with Gasteiger partial charge in [-0.05, 0) is 24.3 Å². The van der Waals surface area contributed by atoms with Crippen LogP contribution in [0.3, 0.4) is 0 Å². The Morgan fingerprint density at radius 3 is 0.905 bits per heavy atom. The molecule has 0 fully saturated rings. The van der Waals surface area contributed by atoms with Crippen molar-refractivity contribution in [3.63, 3.8) is 0 Å². The van der Waals surface area contributed by atoms with Gasteiger partial charge in [-0.15, -0.1) is 0 Å². The number of rotatable bonds is 0. The van der Waals surface area contributed by atoms with Crippen LogP contribution in [0, 0.1) is 0 Å². The zero-order valence-corrected chi connectivity index (χ0v) is 16.1. The fourth-order valence-corrected chi connectivity index (χ4v) is 1.76. The predicted octanol–water partition coefficient (Wildman–Crippen LogP) is -1.86. The molecule has 0 saturated heterocycles. The van der Waals surface area contributed by atoms with Crippen LogP contribution in [0.4, 0.5) is 0 Å². The van der Waals surface area contributed by atoms with E-state index in [1.807, 2.05) is 0 Å². The molecule has 0 heterocycles. The molecule has 0 aliphatic heterocycles. The fraction of sp³-hybridized carbons (Fsp3) is 0. The molecular weight excluding hydrogens is 437 g/mol. The third-order valence-electron chi connectivity index (χ3n) is 1.84. The number of benzene rings is 2. The van der Waals surface area contributed by atoms with Crippen molar-refractivity contribution in [1.29, 1.82) is 0 Å². The summed E-state index contributed by atoms with van der Waals surface area (Å²) in [6.45, 7) is 0. The van der Waals surface area contributed by atoms with Gasteiger partial charge in [-0.3, -0.25) is 0 Å². The van der Waals surface area contributed by atoms with E-state index < -0.39 is 0 Å². The fourth-order valence-electron chi connectivity index (χ4n) is 0.965. The number of para-hydroxylation sites is 2. The molecule has 2 aromatic rings. The predicted molar refractivity (Wildman–Crippen MR) is 71.8 cm³/mol. The summed E-state index contributed by atoms with van der Waals surface area (Å²) in [5.74, 6) is -0.610. The first-order valence-electron chi connectivity index (χ1n) is 4.65. The molecule has 0 bridgehead atoms. The Labute approximate surface area is 170 Å². The third-order valence-corrected chi connectivity index (χ3v) is 3.03. The summed E-state index contributed by atoms with van der Waals surface area (Å²) in [6.07, 6.45) is 0. The van der Waals surface area contributed by atoms with E-state index >= 15 is 0 Å². The molecule has 0 spiro atoms. The Kier molecular flexibility index (Phi) is 16.3. The van der Waals surface area contributed by atoms with Gasteiger partial charge in [0.15, 0.2) is 0 Å². The van der Waals surface area contributed by atoms with E-state index in [0.29, 0.717) is 0 Å². The van der Waals surface area contributed by atoms with Crippen LogP contribution in [0.15, 0.2) is 36.4 Å². The van der Waals surface area contributed by atoms with E-state index in [9.17, 15) is 10.2 Å². The van der Waals surface area contributed by atoms with E-state index in [0.717, 1.165) is 0 Å². The van der Waals surface area contributed by atoms with Gasteiger partial charge in [0.25, 0.3) is 0 Å². The van der Waals surface area contributed by atoms with Crippen LogP contribution < -0.4 is 35.0 Å². The monoisotopic (exact) mass is 440 g/mol. The molecule has 0 amide bonds. The van der Waals surface area contributed by atoms with Crippen LogP contribution in [-0.2, 0) is 21.7 Å². The Bertz CT molecular complexity index is 463. The van der Waals surface area contributed by atoms with Crippen LogP contribution in [-0.4, -0.2) is 0 Å². The van der Waals surface area contributed by atoms with Crippen molar-refractivity contribution in [1.82, 2.24) is 0 Å². The Morgan fingerprint density at radius 2 is 0.762 bits per heavy atom. The summed E-state index contributed by atoms with van der Waals surface area (Å²) in [4.78, 5) is 0. The number of halogens is 6. The van der Waals surface area contributed by atoms with Crippen LogP contribution in [0.2, 0.25) is 20.1 Å². The summed E-state index contributed by atoms with van der Waals surface area (Å²) in [5.41, 5.74) is 0. The van der Waals surface area contributed by atoms with Crippen LogP contribution >= 0.6 is 46.4 Å². The largest absolute Gasteiger partial charge is 4.00 e. The van der Waals surface area contributed by atoms with Crippen LogP contribution in [0.1, 0.15) is 0 Å². The van der Waals surface area contributed by atoms with E-state index in [-0.39, 0.29) is 78.1 Å². The van der Waals surface area contributed by atoms with Gasteiger partial charge in [0.1, 0.15) is 0 Å². The molecule has 0 aromatic heterocycles. The zero-order chi connectivity index (χ0) is 13.7. The van der Waals surface area contributed by atoms with Gasteiger partial charge in [-0.1, -0.05) is 70.0 Å². The topological polar surface area (TPSA) is 46.1 Å². The maximum atomic E-state index is 10.7. The minimum absolute atomic E-state index is 0. The number of hydrogen-bond donors (Lipinski definition) is 0. The minimum atomic E-state index is -0.305. The molecule has 0 atom stereocenters. The molecule has 9 heteroatoms. The maximum absolute atomic E-state index is 10.7. The third kappa shape index (κ3) is 8.63. The maximum Gasteiger partial charge on any atom is 4.00 e. The summed E-state index contributed by atoms with van der Waals surface area (Å²) < 4.78 is 0. The molecule has 0 N–H and O–H groups in total. The van der Waals surface area contributed by atoms with Gasteiger partial charge in [0.05, 0.1) is 0 Å². The Morgan fingerprint density at radius 1 is 0.571 bits per heavy atom. The summed E-state index contributed by atoms with van der Waals surface area (Å²) in [6, 6.07) is 9.30. The molecular formula is C12H6Cl6O2Ti. The first kappa shape index (κ1) is 26.4. The smallest absolute Gasteiger partial charge is 1.00 e. The van der Waals surface area contributed by atoms with Gasteiger partial charge in [0, 0.05) is 20.1 Å². The molecule has 0 aliphatic rings. The second-order valence-electron chi connectivity index (χ2n) is 3.10. The number of hydrogen-bond acceptors (Lipinski definition) is 2. The Hall–Kier alpha value is 0.494. The van der Waals surface area contributed by atoms with Crippen molar-refractivity contribution in [3.8, 4) is 11.5 Å². The minimum Gasteiger partial charge on any atom is -1.00 e. The van der Waals surface area contributed by atoms with Crippen molar-refractivity contribution < 1.29 is 56.7 Å². The summed E-state index contributed by atoms with van der Waals surface area (Å²) in [7, 11) is 0. The standard InChI is InChI=1S/2C6H4Cl2O.2ClH.Ti/c2*7-4-2-1-3-5(8)6(4)9;;;/h2*1-3,9H;2*1H;/q;;;;+4/p-4. The molecule has 0 saturated carbocycles. The van der Waals surface area contributed by atoms with E-state index in [2.05, 4.69) is 0 Å². The van der Waals surface area contributed by atoms with Gasteiger partial charge in [-0.2, -0.15) is 0 Å².